The monoisotopic (exact) mass is 380 g/mol. The molecule has 27 heavy (non-hydrogen) atoms. The molecule has 1 aliphatic rings. The first kappa shape index (κ1) is 18.9. The molecule has 2 amide bonds. The van der Waals surface area contributed by atoms with E-state index in [0.29, 0.717) is 6.07 Å². The third-order valence-electron chi connectivity index (χ3n) is 4.55. The number of benzene rings is 2. The summed E-state index contributed by atoms with van der Waals surface area (Å²) in [5, 5.41) is 2.51. The highest BCUT2D eigenvalue weighted by atomic mass is 19.2. The first-order valence-corrected chi connectivity index (χ1v) is 8.36. The minimum atomic E-state index is -1.69. The van der Waals surface area contributed by atoms with Crippen LogP contribution in [0.1, 0.15) is 23.2 Å². The number of carbonyl (C=O) groups excluding carboxylic acids is 2. The van der Waals surface area contributed by atoms with E-state index in [2.05, 4.69) is 5.32 Å². The van der Waals surface area contributed by atoms with Gasteiger partial charge in [0.05, 0.1) is 11.3 Å². The van der Waals surface area contributed by atoms with Gasteiger partial charge in [-0.15, -0.1) is 0 Å². The Kier molecular flexibility index (Phi) is 5.43. The van der Waals surface area contributed by atoms with Crippen LogP contribution in [-0.4, -0.2) is 29.8 Å². The first-order valence-electron chi connectivity index (χ1n) is 8.36. The van der Waals surface area contributed by atoms with Crippen molar-refractivity contribution < 1.29 is 27.2 Å². The molecule has 2 aromatic rings. The summed E-state index contributed by atoms with van der Waals surface area (Å²) in [5.74, 6) is -6.71. The first-order chi connectivity index (χ1) is 12.9. The van der Waals surface area contributed by atoms with E-state index in [9.17, 15) is 27.2 Å². The summed E-state index contributed by atoms with van der Waals surface area (Å²) in [6.07, 6.45) is 0.578. The molecule has 142 valence electrons. The molecule has 0 unspecified atom stereocenters. The van der Waals surface area contributed by atoms with Gasteiger partial charge < -0.3 is 10.2 Å². The van der Waals surface area contributed by atoms with Gasteiger partial charge in [0.2, 0.25) is 5.91 Å². The Balaban J connectivity index is 1.62. The van der Waals surface area contributed by atoms with Crippen LogP contribution >= 0.6 is 0 Å². The van der Waals surface area contributed by atoms with Crippen molar-refractivity contribution in [2.75, 3.05) is 18.4 Å². The molecule has 0 aromatic heterocycles. The number of halogens is 4. The van der Waals surface area contributed by atoms with Crippen LogP contribution in [0.25, 0.3) is 0 Å². The van der Waals surface area contributed by atoms with Crippen LogP contribution in [0.15, 0.2) is 36.4 Å². The summed E-state index contributed by atoms with van der Waals surface area (Å²) in [5.41, 5.74) is -0.479. The van der Waals surface area contributed by atoms with Crippen molar-refractivity contribution in [3.63, 3.8) is 0 Å². The topological polar surface area (TPSA) is 49.4 Å². The van der Waals surface area contributed by atoms with Crippen LogP contribution in [0.2, 0.25) is 0 Å². The lowest BCUT2D eigenvalue weighted by molar-refractivity contribution is -0.121. The average Bonchev–Trinajstić information content (AvgIpc) is 2.67. The summed E-state index contributed by atoms with van der Waals surface area (Å²) in [6.45, 7) is 0.291. The van der Waals surface area contributed by atoms with Crippen molar-refractivity contribution in [2.45, 2.75) is 12.8 Å². The summed E-state index contributed by atoms with van der Waals surface area (Å²) in [6, 6.07) is 7.36. The predicted molar refractivity (Wildman–Crippen MR) is 90.0 cm³/mol. The van der Waals surface area contributed by atoms with Crippen molar-refractivity contribution in [1.82, 2.24) is 4.90 Å². The molecule has 1 N–H and O–H groups in total. The van der Waals surface area contributed by atoms with Crippen LogP contribution in [-0.2, 0) is 4.79 Å². The fourth-order valence-corrected chi connectivity index (χ4v) is 3.00. The fraction of sp³-hybridized carbons (Fsp3) is 0.263. The van der Waals surface area contributed by atoms with Gasteiger partial charge in [0, 0.05) is 19.0 Å². The summed E-state index contributed by atoms with van der Waals surface area (Å²) in [7, 11) is 0. The summed E-state index contributed by atoms with van der Waals surface area (Å²) in [4.78, 5) is 25.9. The van der Waals surface area contributed by atoms with Gasteiger partial charge in [-0.05, 0) is 37.1 Å². The number of hydrogen-bond donors (Lipinski definition) is 1. The largest absolute Gasteiger partial charge is 0.339 e. The molecule has 0 saturated carbocycles. The summed E-state index contributed by atoms with van der Waals surface area (Å²) >= 11 is 0. The van der Waals surface area contributed by atoms with Gasteiger partial charge in [0.15, 0.2) is 17.5 Å². The van der Waals surface area contributed by atoms with Gasteiger partial charge in [-0.3, -0.25) is 9.59 Å². The van der Waals surface area contributed by atoms with Crippen molar-refractivity contribution in [1.29, 1.82) is 0 Å². The molecule has 3 rings (SSSR count). The molecule has 1 fully saturated rings. The normalized spacial score (nSPS) is 14.9. The predicted octanol–water partition coefficient (Wildman–Crippen LogP) is 3.73. The average molecular weight is 380 g/mol. The molecule has 1 heterocycles. The molecule has 0 atom stereocenters. The highest BCUT2D eigenvalue weighted by Crippen LogP contribution is 2.23. The number of piperidine rings is 1. The van der Waals surface area contributed by atoms with Gasteiger partial charge in [-0.25, -0.2) is 17.6 Å². The lowest BCUT2D eigenvalue weighted by Gasteiger charge is -2.31. The van der Waals surface area contributed by atoms with Crippen molar-refractivity contribution in [3.05, 3.63) is 65.2 Å². The molecule has 8 heteroatoms. The quantitative estimate of drug-likeness (QED) is 0.652. The molecular formula is C19H16F4N2O2. The number of likely N-dealkylation sites (tertiary alicyclic amines) is 1. The minimum absolute atomic E-state index is 0.0739. The van der Waals surface area contributed by atoms with Crippen LogP contribution in [0.4, 0.5) is 23.2 Å². The smallest absolute Gasteiger partial charge is 0.256 e. The number of nitrogens with one attached hydrogen (secondary N) is 1. The number of rotatable bonds is 3. The summed E-state index contributed by atoms with van der Waals surface area (Å²) < 4.78 is 53.7. The standard InChI is InChI=1S/C19H16F4N2O2/c20-13-3-1-2-4-15(13)24-18(26)11-7-9-25(10-8-11)19(27)12-5-6-14(21)17(23)16(12)22/h1-6,11H,7-10H2,(H,24,26). The zero-order valence-corrected chi connectivity index (χ0v) is 14.1. The molecule has 4 nitrogen and oxygen atoms in total. The third kappa shape index (κ3) is 3.94. The van der Waals surface area contributed by atoms with Crippen molar-refractivity contribution in [2.24, 2.45) is 5.92 Å². The van der Waals surface area contributed by atoms with Gasteiger partial charge in [0.25, 0.3) is 5.91 Å². The second-order valence-electron chi connectivity index (χ2n) is 6.26. The maximum Gasteiger partial charge on any atom is 0.256 e. The maximum atomic E-state index is 13.8. The molecule has 1 aliphatic heterocycles. The molecule has 0 bridgehead atoms. The molecular weight excluding hydrogens is 364 g/mol. The van der Waals surface area contributed by atoms with E-state index in [1.165, 1.54) is 23.1 Å². The van der Waals surface area contributed by atoms with Crippen LogP contribution in [0, 0.1) is 29.2 Å². The van der Waals surface area contributed by atoms with E-state index in [1.54, 1.807) is 6.07 Å². The molecule has 1 saturated heterocycles. The lowest BCUT2D eigenvalue weighted by Crippen LogP contribution is -2.41. The van der Waals surface area contributed by atoms with Crippen molar-refractivity contribution in [3.8, 4) is 0 Å². The molecule has 2 aromatic carbocycles. The molecule has 0 spiro atoms. The third-order valence-corrected chi connectivity index (χ3v) is 4.55. The van der Waals surface area contributed by atoms with E-state index in [-0.39, 0.29) is 37.5 Å². The number of carbonyl (C=O) groups is 2. The number of nitrogens with zero attached hydrogens (tertiary/aromatic N) is 1. The van der Waals surface area contributed by atoms with Crippen LogP contribution < -0.4 is 5.32 Å². The highest BCUT2D eigenvalue weighted by Gasteiger charge is 2.30. The van der Waals surface area contributed by atoms with E-state index >= 15 is 0 Å². The Hall–Kier alpha value is -2.90. The number of hydrogen-bond acceptors (Lipinski definition) is 2. The Morgan fingerprint density at radius 1 is 0.889 bits per heavy atom. The number of anilines is 1. The van der Waals surface area contributed by atoms with Gasteiger partial charge >= 0.3 is 0 Å². The van der Waals surface area contributed by atoms with E-state index in [0.717, 1.165) is 6.07 Å². The Morgan fingerprint density at radius 3 is 2.22 bits per heavy atom. The van der Waals surface area contributed by atoms with Crippen molar-refractivity contribution >= 4 is 17.5 Å². The van der Waals surface area contributed by atoms with E-state index < -0.39 is 40.7 Å². The maximum absolute atomic E-state index is 13.8. The number of para-hydroxylation sites is 1. The Morgan fingerprint density at radius 2 is 1.56 bits per heavy atom. The van der Waals surface area contributed by atoms with Gasteiger partial charge in [-0.1, -0.05) is 12.1 Å². The molecule has 0 radical (unpaired) electrons. The van der Waals surface area contributed by atoms with E-state index in [1.807, 2.05) is 0 Å². The highest BCUT2D eigenvalue weighted by molar-refractivity contribution is 5.95. The SMILES string of the molecule is O=C(Nc1ccccc1F)C1CCN(C(=O)c2ccc(F)c(F)c2F)CC1. The number of amides is 2. The van der Waals surface area contributed by atoms with Gasteiger partial charge in [-0.2, -0.15) is 0 Å². The Bertz CT molecular complexity index is 880. The minimum Gasteiger partial charge on any atom is -0.339 e. The fourth-order valence-electron chi connectivity index (χ4n) is 3.00. The second-order valence-corrected chi connectivity index (χ2v) is 6.26. The Labute approximate surface area is 152 Å². The zero-order chi connectivity index (χ0) is 19.6. The lowest BCUT2D eigenvalue weighted by atomic mass is 9.95. The second kappa shape index (κ2) is 7.77. The molecule has 0 aliphatic carbocycles. The van der Waals surface area contributed by atoms with Crippen LogP contribution in [0.5, 0.6) is 0 Å². The van der Waals surface area contributed by atoms with Gasteiger partial charge in [0.1, 0.15) is 5.82 Å². The zero-order valence-electron chi connectivity index (χ0n) is 14.1. The van der Waals surface area contributed by atoms with Crippen LogP contribution in [0.3, 0.4) is 0 Å². The van der Waals surface area contributed by atoms with E-state index in [4.69, 9.17) is 0 Å².